The van der Waals surface area contributed by atoms with Gasteiger partial charge in [0, 0.05) is 26.2 Å². The van der Waals surface area contributed by atoms with Crippen LogP contribution in [0.25, 0.3) is 0 Å². The van der Waals surface area contributed by atoms with Gasteiger partial charge in [-0.2, -0.15) is 0 Å². The fourth-order valence-corrected chi connectivity index (χ4v) is 2.68. The number of methoxy groups -OCH3 is 2. The summed E-state index contributed by atoms with van der Waals surface area (Å²) in [5.74, 6) is 0. The molecule has 6 atom stereocenters. The van der Waals surface area contributed by atoms with E-state index >= 15 is 0 Å². The topological polar surface area (TPSA) is 55.4 Å². The van der Waals surface area contributed by atoms with Crippen molar-refractivity contribution >= 4 is 15.7 Å². The first-order chi connectivity index (χ1) is 10.1. The lowest BCUT2D eigenvalue weighted by Gasteiger charge is -2.20. The summed E-state index contributed by atoms with van der Waals surface area (Å²) in [7, 11) is 14.7. The SMILES string of the molecule is [B][C@H]1CC(OC)[C@@H](COCOC2C[C@H]([B])O[C@@H]2COC)O1. The van der Waals surface area contributed by atoms with Crippen LogP contribution in [0, 0.1) is 0 Å². The third-order valence-electron chi connectivity index (χ3n) is 3.74. The van der Waals surface area contributed by atoms with Crippen molar-refractivity contribution < 1.29 is 28.4 Å². The molecule has 0 aromatic carbocycles. The average molecular weight is 296 g/mol. The van der Waals surface area contributed by atoms with Crippen LogP contribution >= 0.6 is 0 Å². The smallest absolute Gasteiger partial charge is 0.147 e. The van der Waals surface area contributed by atoms with Gasteiger partial charge in [0.2, 0.25) is 0 Å². The third-order valence-corrected chi connectivity index (χ3v) is 3.74. The van der Waals surface area contributed by atoms with Gasteiger partial charge in [-0.1, -0.05) is 0 Å². The molecule has 4 radical (unpaired) electrons. The zero-order valence-corrected chi connectivity index (χ0v) is 12.6. The maximum absolute atomic E-state index is 5.75. The van der Waals surface area contributed by atoms with Crippen LogP contribution in [0.15, 0.2) is 0 Å². The predicted octanol–water partition coefficient (Wildman–Crippen LogP) is -0.426. The Kier molecular flexibility index (Phi) is 6.98. The molecule has 0 N–H and O–H groups in total. The normalized spacial score (nSPS) is 39.9. The lowest BCUT2D eigenvalue weighted by molar-refractivity contribution is -0.138. The minimum Gasteiger partial charge on any atom is -0.382 e. The van der Waals surface area contributed by atoms with Crippen LogP contribution in [0.4, 0.5) is 0 Å². The van der Waals surface area contributed by atoms with Crippen LogP contribution in [-0.2, 0) is 28.4 Å². The zero-order chi connectivity index (χ0) is 15.2. The summed E-state index contributed by atoms with van der Waals surface area (Å²) in [4.78, 5) is 0. The minimum atomic E-state index is -0.316. The maximum Gasteiger partial charge on any atom is 0.147 e. The van der Waals surface area contributed by atoms with E-state index in [1.54, 1.807) is 14.2 Å². The van der Waals surface area contributed by atoms with E-state index in [1.165, 1.54) is 0 Å². The quantitative estimate of drug-likeness (QED) is 0.344. The van der Waals surface area contributed by atoms with Gasteiger partial charge in [-0.25, -0.2) is 0 Å². The molecule has 0 saturated carbocycles. The molecule has 116 valence electrons. The summed E-state index contributed by atoms with van der Waals surface area (Å²) in [5.41, 5.74) is 0. The number of hydrogen-bond donors (Lipinski definition) is 0. The Bertz CT molecular complexity index is 308. The summed E-state index contributed by atoms with van der Waals surface area (Å²) in [6.45, 7) is 0.970. The zero-order valence-electron chi connectivity index (χ0n) is 12.6. The highest BCUT2D eigenvalue weighted by molar-refractivity contribution is 6.11. The standard InChI is InChI=1S/C13H22B2O6/c1-16-5-10-9(4-13(15)20-10)19-7-18-6-11-8(17-2)3-12(14)21-11/h8-13H,3-7H2,1-2H3/t8?,9?,10-,11-,12-,13-/m1/s1. The molecule has 2 rings (SSSR count). The Morgan fingerprint density at radius 3 is 2.19 bits per heavy atom. The summed E-state index contributed by atoms with van der Waals surface area (Å²) >= 11 is 0. The van der Waals surface area contributed by atoms with E-state index in [-0.39, 0.29) is 43.2 Å². The van der Waals surface area contributed by atoms with Crippen LogP contribution in [0.5, 0.6) is 0 Å². The molecule has 2 saturated heterocycles. The van der Waals surface area contributed by atoms with Gasteiger partial charge in [-0.05, 0) is 12.8 Å². The molecule has 2 heterocycles. The van der Waals surface area contributed by atoms with E-state index in [2.05, 4.69) is 0 Å². The number of hydrogen-bond acceptors (Lipinski definition) is 6. The second kappa shape index (κ2) is 8.50. The monoisotopic (exact) mass is 296 g/mol. The predicted molar refractivity (Wildman–Crippen MR) is 76.4 cm³/mol. The number of ether oxygens (including phenoxy) is 6. The maximum atomic E-state index is 5.75. The Hall–Kier alpha value is -0.110. The first kappa shape index (κ1) is 17.2. The summed E-state index contributed by atoms with van der Waals surface area (Å²) < 4.78 is 32.6. The Balaban J connectivity index is 1.65. The van der Waals surface area contributed by atoms with E-state index in [4.69, 9.17) is 44.1 Å². The first-order valence-electron chi connectivity index (χ1n) is 7.17. The highest BCUT2D eigenvalue weighted by Crippen LogP contribution is 2.23. The van der Waals surface area contributed by atoms with Gasteiger partial charge in [0.25, 0.3) is 0 Å². The van der Waals surface area contributed by atoms with Crippen LogP contribution in [0.1, 0.15) is 12.8 Å². The van der Waals surface area contributed by atoms with Crippen molar-refractivity contribution in [2.75, 3.05) is 34.2 Å². The lowest BCUT2D eigenvalue weighted by atomic mass is 9.96. The van der Waals surface area contributed by atoms with Crippen LogP contribution < -0.4 is 0 Å². The van der Waals surface area contributed by atoms with Gasteiger partial charge in [-0.15, -0.1) is 0 Å². The molecule has 6 nitrogen and oxygen atoms in total. The van der Waals surface area contributed by atoms with E-state index < -0.39 is 0 Å². The van der Waals surface area contributed by atoms with E-state index in [0.29, 0.717) is 26.1 Å². The molecule has 0 aromatic rings. The van der Waals surface area contributed by atoms with Crippen LogP contribution in [0.3, 0.4) is 0 Å². The Morgan fingerprint density at radius 2 is 1.57 bits per heavy atom. The van der Waals surface area contributed by atoms with Crippen molar-refractivity contribution in [3.63, 3.8) is 0 Å². The van der Waals surface area contributed by atoms with E-state index in [1.807, 2.05) is 0 Å². The molecule has 0 amide bonds. The Morgan fingerprint density at radius 1 is 0.952 bits per heavy atom. The number of rotatable bonds is 8. The van der Waals surface area contributed by atoms with Gasteiger partial charge >= 0.3 is 0 Å². The van der Waals surface area contributed by atoms with Crippen molar-refractivity contribution in [1.29, 1.82) is 0 Å². The van der Waals surface area contributed by atoms with Crippen molar-refractivity contribution in [3.8, 4) is 0 Å². The molecule has 21 heavy (non-hydrogen) atoms. The summed E-state index contributed by atoms with van der Waals surface area (Å²) in [6.07, 6.45) is 0.825. The molecule has 0 spiro atoms. The van der Waals surface area contributed by atoms with Crippen molar-refractivity contribution in [2.45, 2.75) is 49.3 Å². The molecule has 0 bridgehead atoms. The largest absolute Gasteiger partial charge is 0.382 e. The lowest BCUT2D eigenvalue weighted by Crippen LogP contribution is -2.32. The second-order valence-corrected chi connectivity index (χ2v) is 5.32. The summed E-state index contributed by atoms with van der Waals surface area (Å²) in [6, 6.07) is -0.610. The molecular weight excluding hydrogens is 274 g/mol. The highest BCUT2D eigenvalue weighted by Gasteiger charge is 2.34. The Labute approximate surface area is 128 Å². The molecule has 2 fully saturated rings. The summed E-state index contributed by atoms with van der Waals surface area (Å²) in [5, 5.41) is 0. The van der Waals surface area contributed by atoms with Gasteiger partial charge in [-0.3, -0.25) is 0 Å². The van der Waals surface area contributed by atoms with Crippen LogP contribution in [-0.4, -0.2) is 86.3 Å². The van der Waals surface area contributed by atoms with Crippen molar-refractivity contribution in [2.24, 2.45) is 0 Å². The minimum absolute atomic E-state index is 0.0375. The highest BCUT2D eigenvalue weighted by atomic mass is 16.7. The van der Waals surface area contributed by atoms with Crippen LogP contribution in [0.2, 0.25) is 0 Å². The molecule has 8 heteroatoms. The molecular formula is C13H22B2O6. The fourth-order valence-electron chi connectivity index (χ4n) is 2.68. The fraction of sp³-hybridized carbons (Fsp3) is 1.00. The van der Waals surface area contributed by atoms with Crippen molar-refractivity contribution in [1.82, 2.24) is 0 Å². The second-order valence-electron chi connectivity index (χ2n) is 5.32. The average Bonchev–Trinajstić information content (AvgIpc) is 2.98. The molecule has 2 unspecified atom stereocenters. The molecule has 2 aliphatic heterocycles. The third kappa shape index (κ3) is 4.94. The molecule has 2 aliphatic rings. The first-order valence-corrected chi connectivity index (χ1v) is 7.17. The van der Waals surface area contributed by atoms with Crippen molar-refractivity contribution in [3.05, 3.63) is 0 Å². The van der Waals surface area contributed by atoms with Gasteiger partial charge in [0.15, 0.2) is 0 Å². The molecule has 0 aromatic heterocycles. The molecule has 0 aliphatic carbocycles. The van der Waals surface area contributed by atoms with Gasteiger partial charge in [0.05, 0.1) is 25.4 Å². The van der Waals surface area contributed by atoms with E-state index in [9.17, 15) is 0 Å². The van der Waals surface area contributed by atoms with Gasteiger partial charge in [0.1, 0.15) is 34.7 Å². The van der Waals surface area contributed by atoms with E-state index in [0.717, 1.165) is 0 Å². The van der Waals surface area contributed by atoms with Gasteiger partial charge < -0.3 is 28.4 Å².